The van der Waals surface area contributed by atoms with Crippen LogP contribution in [0.15, 0.2) is 43.0 Å². The smallest absolute Gasteiger partial charge is 0.324 e. The van der Waals surface area contributed by atoms with E-state index >= 15 is 0 Å². The van der Waals surface area contributed by atoms with E-state index < -0.39 is 17.6 Å². The van der Waals surface area contributed by atoms with Crippen LogP contribution in [-0.2, 0) is 16.0 Å². The number of carbonyl (C=O) groups excluding carboxylic acids is 1. The van der Waals surface area contributed by atoms with E-state index in [0.29, 0.717) is 6.42 Å². The van der Waals surface area contributed by atoms with E-state index in [2.05, 4.69) is 19.2 Å². The minimum absolute atomic E-state index is 0.261. The van der Waals surface area contributed by atoms with Crippen molar-refractivity contribution in [3.8, 4) is 0 Å². The van der Waals surface area contributed by atoms with Crippen molar-refractivity contribution in [2.45, 2.75) is 25.0 Å². The molecule has 1 aromatic carbocycles. The van der Waals surface area contributed by atoms with Crippen LogP contribution in [0.1, 0.15) is 12.5 Å². The van der Waals surface area contributed by atoms with Gasteiger partial charge in [0.05, 0.1) is 0 Å². The molecule has 1 aromatic rings. The molecule has 0 amide bonds. The summed E-state index contributed by atoms with van der Waals surface area (Å²) in [5.41, 5.74) is 5.91. The van der Waals surface area contributed by atoms with Crippen LogP contribution in [0.25, 0.3) is 0 Å². The van der Waals surface area contributed by atoms with E-state index in [9.17, 15) is 4.79 Å². The largest absolute Gasteiger partial charge is 0.454 e. The molecule has 0 radical (unpaired) electrons. The summed E-state index contributed by atoms with van der Waals surface area (Å²) in [5, 5.41) is 0. The van der Waals surface area contributed by atoms with Crippen molar-refractivity contribution in [3.05, 3.63) is 48.6 Å². The highest BCUT2D eigenvalue weighted by Crippen LogP contribution is 2.19. The summed E-state index contributed by atoms with van der Waals surface area (Å²) < 4.78 is 5.41. The summed E-state index contributed by atoms with van der Waals surface area (Å²) in [6.07, 6.45) is 2.20. The van der Waals surface area contributed by atoms with Gasteiger partial charge in [-0.2, -0.15) is 12.6 Å². The average molecular weight is 265 g/mol. The van der Waals surface area contributed by atoms with Crippen molar-refractivity contribution in [3.63, 3.8) is 0 Å². The van der Waals surface area contributed by atoms with E-state index in [1.165, 1.54) is 0 Å². The van der Waals surface area contributed by atoms with Crippen LogP contribution in [0.2, 0.25) is 0 Å². The van der Waals surface area contributed by atoms with Gasteiger partial charge in [0.1, 0.15) is 11.6 Å². The monoisotopic (exact) mass is 265 g/mol. The van der Waals surface area contributed by atoms with Gasteiger partial charge >= 0.3 is 5.97 Å². The van der Waals surface area contributed by atoms with Crippen LogP contribution in [-0.4, -0.2) is 23.4 Å². The Morgan fingerprint density at radius 2 is 2.17 bits per heavy atom. The van der Waals surface area contributed by atoms with Crippen LogP contribution in [0.3, 0.4) is 0 Å². The number of hydrogen-bond acceptors (Lipinski definition) is 4. The van der Waals surface area contributed by atoms with Crippen molar-refractivity contribution in [1.29, 1.82) is 0 Å². The number of carbonyl (C=O) groups is 1. The number of thiol groups is 1. The number of hydrogen-bond donors (Lipinski definition) is 2. The lowest BCUT2D eigenvalue weighted by atomic mass is 9.96. The molecule has 4 heteroatoms. The summed E-state index contributed by atoms with van der Waals surface area (Å²) in [4.78, 5) is 11.7. The quantitative estimate of drug-likeness (QED) is 0.470. The predicted octanol–water partition coefficient (Wildman–Crippen LogP) is 1.97. The topological polar surface area (TPSA) is 52.3 Å². The first-order valence-corrected chi connectivity index (χ1v) is 6.41. The number of benzene rings is 1. The summed E-state index contributed by atoms with van der Waals surface area (Å²) >= 11 is 3.98. The molecule has 0 aromatic heterocycles. The Balaban J connectivity index is 2.74. The van der Waals surface area contributed by atoms with Gasteiger partial charge in [0.2, 0.25) is 0 Å². The lowest BCUT2D eigenvalue weighted by molar-refractivity contribution is -0.154. The van der Waals surface area contributed by atoms with Gasteiger partial charge in [-0.05, 0) is 18.6 Å². The maximum absolute atomic E-state index is 11.7. The zero-order chi connectivity index (χ0) is 13.6. The molecule has 3 nitrogen and oxygen atoms in total. The molecule has 1 rings (SSSR count). The van der Waals surface area contributed by atoms with Crippen molar-refractivity contribution in [1.82, 2.24) is 0 Å². The zero-order valence-corrected chi connectivity index (χ0v) is 11.4. The van der Waals surface area contributed by atoms with Crippen molar-refractivity contribution in [2.24, 2.45) is 5.73 Å². The second kappa shape index (κ2) is 6.61. The summed E-state index contributed by atoms with van der Waals surface area (Å²) in [7, 11) is 0. The van der Waals surface area contributed by atoms with Crippen LogP contribution in [0.4, 0.5) is 0 Å². The first-order valence-electron chi connectivity index (χ1n) is 5.77. The minimum Gasteiger partial charge on any atom is -0.454 e. The highest BCUT2D eigenvalue weighted by atomic mass is 32.1. The molecule has 18 heavy (non-hydrogen) atoms. The van der Waals surface area contributed by atoms with Gasteiger partial charge in [0.25, 0.3) is 0 Å². The molecule has 2 N–H and O–H groups in total. The zero-order valence-electron chi connectivity index (χ0n) is 10.5. The van der Waals surface area contributed by atoms with Crippen LogP contribution in [0.5, 0.6) is 0 Å². The summed E-state index contributed by atoms with van der Waals surface area (Å²) in [5.74, 6) is -0.194. The normalized spacial score (nSPS) is 15.5. The van der Waals surface area contributed by atoms with Gasteiger partial charge in [0, 0.05) is 12.2 Å². The van der Waals surface area contributed by atoms with Gasteiger partial charge in [-0.25, -0.2) is 0 Å². The van der Waals surface area contributed by atoms with Crippen molar-refractivity contribution >= 4 is 18.6 Å². The highest BCUT2D eigenvalue weighted by Gasteiger charge is 2.27. The number of ether oxygens (including phenoxy) is 1. The molecule has 98 valence electrons. The lowest BCUT2D eigenvalue weighted by Crippen LogP contribution is -2.41. The van der Waals surface area contributed by atoms with E-state index in [1.54, 1.807) is 6.08 Å². The minimum atomic E-state index is -0.751. The Morgan fingerprint density at radius 3 is 2.67 bits per heavy atom. The van der Waals surface area contributed by atoms with Gasteiger partial charge < -0.3 is 10.5 Å². The van der Waals surface area contributed by atoms with Crippen LogP contribution >= 0.6 is 12.6 Å². The molecule has 0 saturated heterocycles. The fraction of sp³-hybridized carbons (Fsp3) is 0.357. The molecule has 0 aliphatic carbocycles. The standard InChI is InChI=1S/C14H19NO2S/c1-3-14(2,17-13(16)12(15)10-18)9-11-7-5-4-6-8-11/h3-8,12,18H,1,9-10,15H2,2H3/t12-,14+/m0/s1. The molecule has 0 heterocycles. The third-order valence-corrected chi connectivity index (χ3v) is 3.06. The molecule has 0 bridgehead atoms. The Bertz CT molecular complexity index is 408. The van der Waals surface area contributed by atoms with Crippen LogP contribution in [0, 0.1) is 0 Å². The SMILES string of the molecule is C=C[C@](C)(Cc1ccccc1)OC(=O)[C@@H](N)CS. The molecule has 0 unspecified atom stereocenters. The second-order valence-corrected chi connectivity index (χ2v) is 4.75. The molecule has 0 aliphatic rings. The highest BCUT2D eigenvalue weighted by molar-refractivity contribution is 7.80. The van der Waals surface area contributed by atoms with Crippen molar-refractivity contribution < 1.29 is 9.53 Å². The molecular weight excluding hydrogens is 246 g/mol. The van der Waals surface area contributed by atoms with E-state index in [1.807, 2.05) is 37.3 Å². The summed E-state index contributed by atoms with van der Waals surface area (Å²) in [6.45, 7) is 5.55. The second-order valence-electron chi connectivity index (χ2n) is 4.39. The third kappa shape index (κ3) is 4.20. The first-order chi connectivity index (χ1) is 8.50. The van der Waals surface area contributed by atoms with Gasteiger partial charge in [-0.15, -0.1) is 0 Å². The Hall–Kier alpha value is -1.26. The van der Waals surface area contributed by atoms with E-state index in [0.717, 1.165) is 5.56 Å². The maximum Gasteiger partial charge on any atom is 0.324 e. The average Bonchev–Trinajstić information content (AvgIpc) is 2.38. The summed E-state index contributed by atoms with van der Waals surface area (Å²) in [6, 6.07) is 9.09. The molecule has 0 aliphatic heterocycles. The Kier molecular flexibility index (Phi) is 5.44. The van der Waals surface area contributed by atoms with E-state index in [-0.39, 0.29) is 5.75 Å². The molecule has 2 atom stereocenters. The molecule has 0 spiro atoms. The molecule has 0 saturated carbocycles. The predicted molar refractivity (Wildman–Crippen MR) is 76.7 cm³/mol. The van der Waals surface area contributed by atoms with Gasteiger partial charge in [-0.3, -0.25) is 4.79 Å². The first kappa shape index (κ1) is 14.8. The number of rotatable bonds is 6. The van der Waals surface area contributed by atoms with Gasteiger partial charge in [0.15, 0.2) is 0 Å². The molecule has 0 fully saturated rings. The maximum atomic E-state index is 11.7. The van der Waals surface area contributed by atoms with Gasteiger partial charge in [-0.1, -0.05) is 36.9 Å². The van der Waals surface area contributed by atoms with Crippen LogP contribution < -0.4 is 5.73 Å². The Morgan fingerprint density at radius 1 is 1.56 bits per heavy atom. The molecular formula is C14H19NO2S. The Labute approximate surface area is 113 Å². The lowest BCUT2D eigenvalue weighted by Gasteiger charge is -2.27. The number of esters is 1. The fourth-order valence-electron chi connectivity index (χ4n) is 1.53. The fourth-order valence-corrected chi connectivity index (χ4v) is 1.68. The van der Waals surface area contributed by atoms with E-state index in [4.69, 9.17) is 10.5 Å². The number of nitrogens with two attached hydrogens (primary N) is 1. The van der Waals surface area contributed by atoms with Crippen molar-refractivity contribution in [2.75, 3.05) is 5.75 Å². The third-order valence-electron chi connectivity index (χ3n) is 2.66.